The topological polar surface area (TPSA) is 44.5 Å². The van der Waals surface area contributed by atoms with Gasteiger partial charge in [0.2, 0.25) is 0 Å². The Hall–Kier alpha value is -0.190. The molecule has 0 atom stereocenters. The van der Waals surface area contributed by atoms with Gasteiger partial charge in [0.1, 0.15) is 0 Å². The number of hydrogen-bond acceptors (Lipinski definition) is 3. The van der Waals surface area contributed by atoms with Gasteiger partial charge in [0, 0.05) is 25.2 Å². The molecule has 4 heteroatoms. The average molecular weight is 203 g/mol. The highest BCUT2D eigenvalue weighted by Crippen LogP contribution is 2.31. The lowest BCUT2D eigenvalue weighted by Crippen LogP contribution is -2.44. The molecule has 0 saturated carbocycles. The Kier molecular flexibility index (Phi) is 4.09. The molecule has 1 rings (SSSR count). The standard InChI is InChI=1S/C9H17NO2S/c1-2-11-7-9(8(10)13)3-5-12-6-4-9/h2-7H2,1H3,(H2,10,13). The summed E-state index contributed by atoms with van der Waals surface area (Å²) in [5.74, 6) is 0. The van der Waals surface area contributed by atoms with E-state index in [4.69, 9.17) is 27.4 Å². The van der Waals surface area contributed by atoms with Crippen LogP contribution in [0, 0.1) is 5.41 Å². The number of nitrogens with two attached hydrogens (primary N) is 1. The second-order valence-corrected chi connectivity index (χ2v) is 3.83. The van der Waals surface area contributed by atoms with Crippen molar-refractivity contribution in [1.29, 1.82) is 0 Å². The largest absolute Gasteiger partial charge is 0.393 e. The van der Waals surface area contributed by atoms with Crippen molar-refractivity contribution in [3.8, 4) is 0 Å². The molecule has 0 aromatic heterocycles. The van der Waals surface area contributed by atoms with E-state index in [1.54, 1.807) is 0 Å². The Bertz CT molecular complexity index is 178. The van der Waals surface area contributed by atoms with Crippen molar-refractivity contribution >= 4 is 17.2 Å². The number of thiocarbonyl (C=S) groups is 1. The molecular weight excluding hydrogens is 186 g/mol. The Morgan fingerprint density at radius 1 is 1.54 bits per heavy atom. The highest BCUT2D eigenvalue weighted by molar-refractivity contribution is 7.80. The first-order valence-electron chi connectivity index (χ1n) is 4.67. The van der Waals surface area contributed by atoms with Crippen molar-refractivity contribution in [2.75, 3.05) is 26.4 Å². The zero-order valence-electron chi connectivity index (χ0n) is 8.04. The SMILES string of the molecule is CCOCC1(C(N)=S)CCOCC1. The molecule has 3 nitrogen and oxygen atoms in total. The predicted molar refractivity (Wildman–Crippen MR) is 55.8 cm³/mol. The van der Waals surface area contributed by atoms with Gasteiger partial charge in [-0.25, -0.2) is 0 Å². The van der Waals surface area contributed by atoms with Crippen LogP contribution >= 0.6 is 12.2 Å². The average Bonchev–Trinajstić information content (AvgIpc) is 2.16. The fourth-order valence-electron chi connectivity index (χ4n) is 1.52. The van der Waals surface area contributed by atoms with Gasteiger partial charge in [-0.1, -0.05) is 12.2 Å². The van der Waals surface area contributed by atoms with E-state index in [-0.39, 0.29) is 5.41 Å². The van der Waals surface area contributed by atoms with Crippen molar-refractivity contribution in [3.63, 3.8) is 0 Å². The van der Waals surface area contributed by atoms with Gasteiger partial charge < -0.3 is 15.2 Å². The van der Waals surface area contributed by atoms with Crippen molar-refractivity contribution in [3.05, 3.63) is 0 Å². The molecule has 0 unspecified atom stereocenters. The second kappa shape index (κ2) is 4.88. The molecule has 0 aromatic carbocycles. The third-order valence-corrected chi connectivity index (χ3v) is 2.99. The first kappa shape index (κ1) is 10.9. The molecule has 0 radical (unpaired) electrons. The van der Waals surface area contributed by atoms with Crippen LogP contribution in [0.1, 0.15) is 19.8 Å². The molecule has 1 aliphatic heterocycles. The van der Waals surface area contributed by atoms with Crippen molar-refractivity contribution in [2.24, 2.45) is 11.1 Å². The van der Waals surface area contributed by atoms with Crippen LogP contribution in [-0.4, -0.2) is 31.4 Å². The van der Waals surface area contributed by atoms with Crippen LogP contribution in [0.2, 0.25) is 0 Å². The molecule has 0 aliphatic carbocycles. The first-order valence-corrected chi connectivity index (χ1v) is 5.07. The molecule has 0 aromatic rings. The highest BCUT2D eigenvalue weighted by atomic mass is 32.1. The fourth-order valence-corrected chi connectivity index (χ4v) is 1.78. The summed E-state index contributed by atoms with van der Waals surface area (Å²) in [6.07, 6.45) is 1.78. The smallest absolute Gasteiger partial charge is 0.0815 e. The van der Waals surface area contributed by atoms with Gasteiger partial charge in [-0.3, -0.25) is 0 Å². The Balaban J connectivity index is 2.56. The van der Waals surface area contributed by atoms with Crippen molar-refractivity contribution in [2.45, 2.75) is 19.8 Å². The maximum absolute atomic E-state index is 5.74. The van der Waals surface area contributed by atoms with Crippen molar-refractivity contribution < 1.29 is 9.47 Å². The first-order chi connectivity index (χ1) is 6.21. The monoisotopic (exact) mass is 203 g/mol. The van der Waals surface area contributed by atoms with E-state index >= 15 is 0 Å². The fraction of sp³-hybridized carbons (Fsp3) is 0.889. The molecule has 76 valence electrons. The summed E-state index contributed by atoms with van der Waals surface area (Å²) in [6, 6.07) is 0. The van der Waals surface area contributed by atoms with E-state index in [0.29, 0.717) is 18.2 Å². The summed E-state index contributed by atoms with van der Waals surface area (Å²) < 4.78 is 10.7. The molecular formula is C9H17NO2S. The van der Waals surface area contributed by atoms with E-state index < -0.39 is 0 Å². The lowest BCUT2D eigenvalue weighted by Gasteiger charge is -2.35. The molecule has 0 spiro atoms. The van der Waals surface area contributed by atoms with Crippen LogP contribution in [0.15, 0.2) is 0 Å². The third-order valence-electron chi connectivity index (χ3n) is 2.56. The van der Waals surface area contributed by atoms with Gasteiger partial charge >= 0.3 is 0 Å². The molecule has 1 saturated heterocycles. The third kappa shape index (κ3) is 2.62. The summed E-state index contributed by atoms with van der Waals surface area (Å²) in [4.78, 5) is 0.573. The molecule has 0 amide bonds. The van der Waals surface area contributed by atoms with Crippen LogP contribution in [0.25, 0.3) is 0 Å². The number of ether oxygens (including phenoxy) is 2. The Morgan fingerprint density at radius 2 is 2.15 bits per heavy atom. The van der Waals surface area contributed by atoms with Gasteiger partial charge in [-0.2, -0.15) is 0 Å². The normalized spacial score (nSPS) is 21.3. The number of hydrogen-bond donors (Lipinski definition) is 1. The summed E-state index contributed by atoms with van der Waals surface area (Å²) >= 11 is 5.08. The van der Waals surface area contributed by atoms with E-state index in [0.717, 1.165) is 26.1 Å². The Morgan fingerprint density at radius 3 is 2.62 bits per heavy atom. The van der Waals surface area contributed by atoms with Gasteiger partial charge in [-0.15, -0.1) is 0 Å². The van der Waals surface area contributed by atoms with Crippen LogP contribution in [0.5, 0.6) is 0 Å². The van der Waals surface area contributed by atoms with Gasteiger partial charge in [-0.05, 0) is 19.8 Å². The predicted octanol–water partition coefficient (Wildman–Crippen LogP) is 1.11. The quantitative estimate of drug-likeness (QED) is 0.695. The van der Waals surface area contributed by atoms with E-state index in [1.807, 2.05) is 6.92 Å². The van der Waals surface area contributed by atoms with Crippen LogP contribution in [-0.2, 0) is 9.47 Å². The maximum atomic E-state index is 5.74. The van der Waals surface area contributed by atoms with Gasteiger partial charge in [0.05, 0.1) is 11.6 Å². The van der Waals surface area contributed by atoms with Crippen LogP contribution in [0.4, 0.5) is 0 Å². The van der Waals surface area contributed by atoms with Gasteiger partial charge in [0.25, 0.3) is 0 Å². The van der Waals surface area contributed by atoms with Crippen LogP contribution in [0.3, 0.4) is 0 Å². The molecule has 2 N–H and O–H groups in total. The molecule has 1 fully saturated rings. The Labute approximate surface area is 84.6 Å². The summed E-state index contributed by atoms with van der Waals surface area (Å²) in [7, 11) is 0. The second-order valence-electron chi connectivity index (χ2n) is 3.39. The van der Waals surface area contributed by atoms with Crippen molar-refractivity contribution in [1.82, 2.24) is 0 Å². The maximum Gasteiger partial charge on any atom is 0.0815 e. The summed E-state index contributed by atoms with van der Waals surface area (Å²) in [5, 5.41) is 0. The molecule has 13 heavy (non-hydrogen) atoms. The summed E-state index contributed by atoms with van der Waals surface area (Å²) in [6.45, 7) is 4.81. The highest BCUT2D eigenvalue weighted by Gasteiger charge is 2.35. The van der Waals surface area contributed by atoms with E-state index in [9.17, 15) is 0 Å². The molecule has 0 bridgehead atoms. The van der Waals surface area contributed by atoms with Crippen LogP contribution < -0.4 is 5.73 Å². The minimum Gasteiger partial charge on any atom is -0.393 e. The lowest BCUT2D eigenvalue weighted by molar-refractivity contribution is -0.00186. The zero-order chi connectivity index (χ0) is 9.73. The molecule has 1 heterocycles. The lowest BCUT2D eigenvalue weighted by atomic mass is 9.81. The van der Waals surface area contributed by atoms with E-state index in [2.05, 4.69) is 0 Å². The van der Waals surface area contributed by atoms with Gasteiger partial charge in [0.15, 0.2) is 0 Å². The summed E-state index contributed by atoms with van der Waals surface area (Å²) in [5.41, 5.74) is 5.63. The molecule has 1 aliphatic rings. The zero-order valence-corrected chi connectivity index (χ0v) is 8.86. The number of rotatable bonds is 4. The minimum absolute atomic E-state index is 0.108. The minimum atomic E-state index is -0.108. The van der Waals surface area contributed by atoms with E-state index in [1.165, 1.54) is 0 Å².